The number of aromatic nitrogens is 4. The molecule has 3 heterocycles. The number of amides is 2. The Balaban J connectivity index is 1.28. The zero-order chi connectivity index (χ0) is 17.8. The number of hydrogen-bond acceptors (Lipinski definition) is 6. The van der Waals surface area contributed by atoms with Gasteiger partial charge in [-0.25, -0.2) is 9.48 Å². The third kappa shape index (κ3) is 3.89. The van der Waals surface area contributed by atoms with Crippen LogP contribution in [0.2, 0.25) is 0 Å². The van der Waals surface area contributed by atoms with Crippen molar-refractivity contribution in [2.45, 2.75) is 6.54 Å². The molecule has 8 nitrogen and oxygen atoms in total. The molecule has 1 N–H and O–H groups in total. The quantitative estimate of drug-likeness (QED) is 0.762. The summed E-state index contributed by atoms with van der Waals surface area (Å²) < 4.78 is 1.57. The van der Waals surface area contributed by atoms with Crippen molar-refractivity contribution in [3.05, 3.63) is 53.0 Å². The molecule has 1 aliphatic rings. The minimum Gasteiger partial charge on any atom is -0.322 e. The lowest BCUT2D eigenvalue weighted by Crippen LogP contribution is -2.49. The summed E-state index contributed by atoms with van der Waals surface area (Å²) >= 11 is 1.72. The highest BCUT2D eigenvalue weighted by Gasteiger charge is 2.21. The van der Waals surface area contributed by atoms with Crippen LogP contribution in [0.15, 0.2) is 47.4 Å². The molecular weight excluding hydrogens is 350 g/mol. The lowest BCUT2D eigenvalue weighted by Gasteiger charge is -2.34. The fraction of sp³-hybridized carbons (Fsp3) is 0.294. The minimum atomic E-state index is -0.0599. The zero-order valence-corrected chi connectivity index (χ0v) is 15.0. The Morgan fingerprint density at radius 2 is 1.92 bits per heavy atom. The fourth-order valence-electron chi connectivity index (χ4n) is 2.93. The van der Waals surface area contributed by atoms with Crippen LogP contribution in [-0.2, 0) is 6.54 Å². The first-order valence-corrected chi connectivity index (χ1v) is 9.35. The van der Waals surface area contributed by atoms with Crippen LogP contribution < -0.4 is 5.32 Å². The number of thiophene rings is 1. The van der Waals surface area contributed by atoms with E-state index in [1.807, 2.05) is 29.2 Å². The molecule has 4 rings (SSSR count). The summed E-state index contributed by atoms with van der Waals surface area (Å²) in [6.07, 6.45) is 1.53. The van der Waals surface area contributed by atoms with Gasteiger partial charge < -0.3 is 10.2 Å². The van der Waals surface area contributed by atoms with Crippen LogP contribution >= 0.6 is 11.3 Å². The Morgan fingerprint density at radius 3 is 2.58 bits per heavy atom. The SMILES string of the molecule is O=C(Nc1ccc(-n2cnnn2)cc1)N1CCN(Cc2ccsc2)CC1. The predicted molar refractivity (Wildman–Crippen MR) is 99.3 cm³/mol. The van der Waals surface area contributed by atoms with Crippen LogP contribution in [0.1, 0.15) is 5.56 Å². The Kier molecular flexibility index (Phi) is 4.89. The Hall–Kier alpha value is -2.78. The highest BCUT2D eigenvalue weighted by molar-refractivity contribution is 7.07. The standard InChI is InChI=1S/C17H19N7OS/c25-17(19-15-1-3-16(4-2-15)24-13-18-20-21-24)23-8-6-22(7-9-23)11-14-5-10-26-12-14/h1-5,10,12-13H,6-9,11H2,(H,19,25). The second-order valence-electron chi connectivity index (χ2n) is 6.13. The van der Waals surface area contributed by atoms with Crippen molar-refractivity contribution in [3.8, 4) is 5.69 Å². The summed E-state index contributed by atoms with van der Waals surface area (Å²) in [5.41, 5.74) is 2.94. The molecule has 0 unspecified atom stereocenters. The smallest absolute Gasteiger partial charge is 0.321 e. The molecule has 2 amide bonds. The number of benzene rings is 1. The first kappa shape index (κ1) is 16.7. The van der Waals surface area contributed by atoms with E-state index in [-0.39, 0.29) is 6.03 Å². The molecular formula is C17H19N7OS. The van der Waals surface area contributed by atoms with Gasteiger partial charge >= 0.3 is 6.03 Å². The van der Waals surface area contributed by atoms with Gasteiger partial charge in [-0.1, -0.05) is 0 Å². The van der Waals surface area contributed by atoms with E-state index in [4.69, 9.17) is 0 Å². The second kappa shape index (κ2) is 7.63. The molecule has 1 aromatic carbocycles. The van der Waals surface area contributed by atoms with Crippen molar-refractivity contribution in [2.24, 2.45) is 0 Å². The van der Waals surface area contributed by atoms with Crippen molar-refractivity contribution in [3.63, 3.8) is 0 Å². The number of nitrogens with one attached hydrogen (secondary N) is 1. The van der Waals surface area contributed by atoms with Gasteiger partial charge in [0, 0.05) is 38.4 Å². The van der Waals surface area contributed by atoms with E-state index in [2.05, 4.69) is 42.6 Å². The lowest BCUT2D eigenvalue weighted by molar-refractivity contribution is 0.143. The van der Waals surface area contributed by atoms with Crippen molar-refractivity contribution in [1.82, 2.24) is 30.0 Å². The van der Waals surface area contributed by atoms with E-state index in [0.29, 0.717) is 0 Å². The number of urea groups is 1. The summed E-state index contributed by atoms with van der Waals surface area (Å²) in [7, 11) is 0. The molecule has 134 valence electrons. The first-order chi connectivity index (χ1) is 12.8. The van der Waals surface area contributed by atoms with E-state index in [1.54, 1.807) is 16.0 Å². The van der Waals surface area contributed by atoms with Gasteiger partial charge in [-0.2, -0.15) is 11.3 Å². The Labute approximate surface area is 155 Å². The summed E-state index contributed by atoms with van der Waals surface area (Å²) in [6, 6.07) is 9.53. The van der Waals surface area contributed by atoms with Crippen molar-refractivity contribution < 1.29 is 4.79 Å². The van der Waals surface area contributed by atoms with Gasteiger partial charge in [-0.3, -0.25) is 4.90 Å². The highest BCUT2D eigenvalue weighted by atomic mass is 32.1. The van der Waals surface area contributed by atoms with Gasteiger partial charge in [0.1, 0.15) is 6.33 Å². The van der Waals surface area contributed by atoms with Crippen molar-refractivity contribution in [1.29, 1.82) is 0 Å². The van der Waals surface area contributed by atoms with Crippen LogP contribution in [0, 0.1) is 0 Å². The highest BCUT2D eigenvalue weighted by Crippen LogP contribution is 2.15. The lowest BCUT2D eigenvalue weighted by atomic mass is 10.2. The number of hydrogen-bond donors (Lipinski definition) is 1. The van der Waals surface area contributed by atoms with Gasteiger partial charge in [0.05, 0.1) is 5.69 Å². The van der Waals surface area contributed by atoms with Gasteiger partial charge in [0.25, 0.3) is 0 Å². The number of anilines is 1. The average Bonchev–Trinajstić information content (AvgIpc) is 3.37. The molecule has 0 aliphatic carbocycles. The van der Waals surface area contributed by atoms with Crippen LogP contribution in [-0.4, -0.2) is 62.2 Å². The molecule has 2 aromatic heterocycles. The van der Waals surface area contributed by atoms with E-state index in [0.717, 1.165) is 44.1 Å². The fourth-order valence-corrected chi connectivity index (χ4v) is 3.59. The maximum atomic E-state index is 12.5. The molecule has 26 heavy (non-hydrogen) atoms. The zero-order valence-electron chi connectivity index (χ0n) is 14.2. The number of piperazine rings is 1. The second-order valence-corrected chi connectivity index (χ2v) is 6.91. The number of tetrazole rings is 1. The summed E-state index contributed by atoms with van der Waals surface area (Å²) in [4.78, 5) is 16.7. The predicted octanol–water partition coefficient (Wildman–Crippen LogP) is 2.07. The molecule has 0 saturated carbocycles. The van der Waals surface area contributed by atoms with E-state index in [9.17, 15) is 4.79 Å². The molecule has 9 heteroatoms. The molecule has 3 aromatic rings. The molecule has 1 aliphatic heterocycles. The summed E-state index contributed by atoms with van der Waals surface area (Å²) in [5, 5.41) is 18.3. The number of carbonyl (C=O) groups is 1. The van der Waals surface area contributed by atoms with Crippen LogP contribution in [0.3, 0.4) is 0 Å². The molecule has 1 fully saturated rings. The van der Waals surface area contributed by atoms with Gasteiger partial charge in [0.2, 0.25) is 0 Å². The topological polar surface area (TPSA) is 79.2 Å². The van der Waals surface area contributed by atoms with E-state index < -0.39 is 0 Å². The third-order valence-corrected chi connectivity index (χ3v) is 5.11. The maximum absolute atomic E-state index is 12.5. The van der Waals surface area contributed by atoms with E-state index in [1.165, 1.54) is 11.9 Å². The Morgan fingerprint density at radius 1 is 1.12 bits per heavy atom. The average molecular weight is 369 g/mol. The minimum absolute atomic E-state index is 0.0599. The Bertz CT molecular complexity index is 825. The third-order valence-electron chi connectivity index (χ3n) is 4.38. The molecule has 0 spiro atoms. The largest absolute Gasteiger partial charge is 0.322 e. The van der Waals surface area contributed by atoms with Crippen LogP contribution in [0.4, 0.5) is 10.5 Å². The molecule has 0 atom stereocenters. The van der Waals surface area contributed by atoms with Gasteiger partial charge in [0.15, 0.2) is 0 Å². The van der Waals surface area contributed by atoms with Gasteiger partial charge in [-0.05, 0) is 57.1 Å². The van der Waals surface area contributed by atoms with Crippen LogP contribution in [0.25, 0.3) is 5.69 Å². The molecule has 0 bridgehead atoms. The van der Waals surface area contributed by atoms with E-state index >= 15 is 0 Å². The maximum Gasteiger partial charge on any atom is 0.321 e. The number of rotatable bonds is 4. The summed E-state index contributed by atoms with van der Waals surface area (Å²) in [6.45, 7) is 4.21. The number of nitrogens with zero attached hydrogens (tertiary/aromatic N) is 6. The molecule has 1 saturated heterocycles. The first-order valence-electron chi connectivity index (χ1n) is 8.41. The monoisotopic (exact) mass is 369 g/mol. The molecule has 0 radical (unpaired) electrons. The normalized spacial score (nSPS) is 15.2. The van der Waals surface area contributed by atoms with Crippen LogP contribution in [0.5, 0.6) is 0 Å². The van der Waals surface area contributed by atoms with Crippen molar-refractivity contribution >= 4 is 23.1 Å². The van der Waals surface area contributed by atoms with Gasteiger partial charge in [-0.15, -0.1) is 5.10 Å². The van der Waals surface area contributed by atoms with Crippen molar-refractivity contribution in [2.75, 3.05) is 31.5 Å². The number of carbonyl (C=O) groups excluding carboxylic acids is 1. The summed E-state index contributed by atoms with van der Waals surface area (Å²) in [5.74, 6) is 0.